The van der Waals surface area contributed by atoms with Crippen molar-refractivity contribution in [3.63, 3.8) is 0 Å². The van der Waals surface area contributed by atoms with E-state index in [4.69, 9.17) is 5.73 Å². The van der Waals surface area contributed by atoms with E-state index in [2.05, 4.69) is 12.1 Å². The topological polar surface area (TPSA) is 46.2 Å². The first-order chi connectivity index (χ1) is 6.56. The summed E-state index contributed by atoms with van der Waals surface area (Å²) in [7, 11) is 0. The molecule has 0 spiro atoms. The van der Waals surface area contributed by atoms with Gasteiger partial charge in [-0.15, -0.1) is 0 Å². The van der Waals surface area contributed by atoms with Crippen LogP contribution in [0.15, 0.2) is 30.3 Å². The summed E-state index contributed by atoms with van der Waals surface area (Å²) >= 11 is 0. The number of hydrogen-bond acceptors (Lipinski definition) is 2. The molecule has 0 aliphatic rings. The fraction of sp³-hybridized carbons (Fsp3) is 0.500. The second kappa shape index (κ2) is 4.58. The van der Waals surface area contributed by atoms with Crippen LogP contribution in [0.25, 0.3) is 0 Å². The van der Waals surface area contributed by atoms with Crippen molar-refractivity contribution in [1.29, 1.82) is 0 Å². The lowest BCUT2D eigenvalue weighted by Gasteiger charge is -2.29. The summed E-state index contributed by atoms with van der Waals surface area (Å²) in [4.78, 5) is 0. The maximum atomic E-state index is 9.72. The summed E-state index contributed by atoms with van der Waals surface area (Å²) in [5.41, 5.74) is 6.55. The lowest BCUT2D eigenvalue weighted by atomic mass is 9.80. The number of nitrogens with two attached hydrogens (primary N) is 1. The van der Waals surface area contributed by atoms with Gasteiger partial charge >= 0.3 is 0 Å². The predicted molar refractivity (Wildman–Crippen MR) is 59.0 cm³/mol. The van der Waals surface area contributed by atoms with Crippen molar-refractivity contribution < 1.29 is 5.11 Å². The average molecular weight is 193 g/mol. The van der Waals surface area contributed by atoms with Gasteiger partial charge in [-0.3, -0.25) is 0 Å². The zero-order valence-corrected chi connectivity index (χ0v) is 8.90. The standard InChI is InChI=1S/C12H19NO/c1-12(2,11(14)9-13)8-10-6-4-3-5-7-10/h3-7,11,14H,8-9,13H2,1-2H3. The molecule has 0 bridgehead atoms. The molecule has 1 rings (SSSR count). The van der Waals surface area contributed by atoms with Gasteiger partial charge in [0.05, 0.1) is 6.10 Å². The molecule has 1 atom stereocenters. The van der Waals surface area contributed by atoms with Crippen LogP contribution in [0.1, 0.15) is 19.4 Å². The maximum Gasteiger partial charge on any atom is 0.0716 e. The normalized spacial score (nSPS) is 14.0. The van der Waals surface area contributed by atoms with E-state index < -0.39 is 6.10 Å². The van der Waals surface area contributed by atoms with Crippen molar-refractivity contribution >= 4 is 0 Å². The molecule has 0 saturated heterocycles. The first-order valence-corrected chi connectivity index (χ1v) is 4.98. The summed E-state index contributed by atoms with van der Waals surface area (Å²) in [6.45, 7) is 4.40. The van der Waals surface area contributed by atoms with Crippen LogP contribution in [-0.4, -0.2) is 17.8 Å². The van der Waals surface area contributed by atoms with Crippen LogP contribution in [0.4, 0.5) is 0 Å². The van der Waals surface area contributed by atoms with Crippen LogP contribution in [-0.2, 0) is 6.42 Å². The molecule has 0 amide bonds. The summed E-state index contributed by atoms with van der Waals surface area (Å²) in [6.07, 6.45) is 0.411. The van der Waals surface area contributed by atoms with Crippen molar-refractivity contribution in [3.05, 3.63) is 35.9 Å². The van der Waals surface area contributed by atoms with Gasteiger partial charge in [-0.05, 0) is 17.4 Å². The molecular formula is C12H19NO. The monoisotopic (exact) mass is 193 g/mol. The molecule has 0 aromatic heterocycles. The number of aliphatic hydroxyl groups excluding tert-OH is 1. The molecule has 0 aliphatic carbocycles. The Morgan fingerprint density at radius 2 is 1.86 bits per heavy atom. The SMILES string of the molecule is CC(C)(Cc1ccccc1)C(O)CN. The first kappa shape index (κ1) is 11.2. The van der Waals surface area contributed by atoms with E-state index in [1.807, 2.05) is 32.0 Å². The Hall–Kier alpha value is -0.860. The van der Waals surface area contributed by atoms with Crippen molar-refractivity contribution in [1.82, 2.24) is 0 Å². The second-order valence-electron chi connectivity index (χ2n) is 4.40. The Labute approximate surface area is 85.8 Å². The molecule has 1 unspecified atom stereocenters. The van der Waals surface area contributed by atoms with Gasteiger partial charge in [0.2, 0.25) is 0 Å². The minimum atomic E-state index is -0.442. The minimum absolute atomic E-state index is 0.157. The molecule has 1 aromatic rings. The van der Waals surface area contributed by atoms with Gasteiger partial charge in [-0.1, -0.05) is 44.2 Å². The highest BCUT2D eigenvalue weighted by atomic mass is 16.3. The van der Waals surface area contributed by atoms with Gasteiger partial charge in [0.15, 0.2) is 0 Å². The Bertz CT molecular complexity index is 269. The van der Waals surface area contributed by atoms with Crippen LogP contribution >= 0.6 is 0 Å². The molecule has 1 aromatic carbocycles. The van der Waals surface area contributed by atoms with E-state index in [9.17, 15) is 5.11 Å². The first-order valence-electron chi connectivity index (χ1n) is 4.98. The van der Waals surface area contributed by atoms with Crippen LogP contribution in [0, 0.1) is 5.41 Å². The van der Waals surface area contributed by atoms with Crippen LogP contribution in [0.3, 0.4) is 0 Å². The third-order valence-corrected chi connectivity index (χ3v) is 2.63. The van der Waals surface area contributed by atoms with E-state index in [-0.39, 0.29) is 5.41 Å². The molecule has 0 heterocycles. The van der Waals surface area contributed by atoms with Crippen molar-refractivity contribution in [3.8, 4) is 0 Å². The lowest BCUT2D eigenvalue weighted by molar-refractivity contribution is 0.0578. The number of hydrogen-bond donors (Lipinski definition) is 2. The van der Waals surface area contributed by atoms with E-state index in [0.29, 0.717) is 6.54 Å². The van der Waals surface area contributed by atoms with E-state index in [1.54, 1.807) is 0 Å². The molecule has 3 N–H and O–H groups in total. The summed E-state index contributed by atoms with van der Waals surface area (Å²) in [5, 5.41) is 9.72. The Morgan fingerprint density at radius 3 is 2.36 bits per heavy atom. The minimum Gasteiger partial charge on any atom is -0.391 e. The van der Waals surface area contributed by atoms with Gasteiger partial charge in [0.1, 0.15) is 0 Å². The zero-order chi connectivity index (χ0) is 10.6. The highest BCUT2D eigenvalue weighted by Crippen LogP contribution is 2.25. The number of aliphatic hydroxyl groups is 1. The molecule has 78 valence electrons. The Balaban J connectivity index is 2.68. The molecule has 2 nitrogen and oxygen atoms in total. The van der Waals surface area contributed by atoms with Gasteiger partial charge in [0, 0.05) is 6.54 Å². The molecule has 0 fully saturated rings. The molecule has 0 aliphatic heterocycles. The van der Waals surface area contributed by atoms with Crippen LogP contribution < -0.4 is 5.73 Å². The molecule has 0 saturated carbocycles. The van der Waals surface area contributed by atoms with Crippen LogP contribution in [0.5, 0.6) is 0 Å². The second-order valence-corrected chi connectivity index (χ2v) is 4.40. The summed E-state index contributed by atoms with van der Waals surface area (Å²) in [5.74, 6) is 0. The third kappa shape index (κ3) is 2.82. The van der Waals surface area contributed by atoms with E-state index in [0.717, 1.165) is 6.42 Å². The largest absolute Gasteiger partial charge is 0.391 e. The van der Waals surface area contributed by atoms with Crippen LogP contribution in [0.2, 0.25) is 0 Å². The fourth-order valence-electron chi connectivity index (χ4n) is 1.56. The maximum absolute atomic E-state index is 9.72. The third-order valence-electron chi connectivity index (χ3n) is 2.63. The van der Waals surface area contributed by atoms with Gasteiger partial charge in [-0.2, -0.15) is 0 Å². The predicted octanol–water partition coefficient (Wildman–Crippen LogP) is 1.57. The summed E-state index contributed by atoms with van der Waals surface area (Å²) in [6, 6.07) is 10.2. The summed E-state index contributed by atoms with van der Waals surface area (Å²) < 4.78 is 0. The Morgan fingerprint density at radius 1 is 1.29 bits per heavy atom. The quantitative estimate of drug-likeness (QED) is 0.762. The molecule has 0 radical (unpaired) electrons. The Kier molecular flexibility index (Phi) is 3.67. The highest BCUT2D eigenvalue weighted by molar-refractivity contribution is 5.16. The van der Waals surface area contributed by atoms with E-state index in [1.165, 1.54) is 5.56 Å². The van der Waals surface area contributed by atoms with E-state index >= 15 is 0 Å². The molecule has 2 heteroatoms. The number of benzene rings is 1. The fourth-order valence-corrected chi connectivity index (χ4v) is 1.56. The van der Waals surface area contributed by atoms with Crippen molar-refractivity contribution in [2.75, 3.05) is 6.54 Å². The van der Waals surface area contributed by atoms with Gasteiger partial charge < -0.3 is 10.8 Å². The zero-order valence-electron chi connectivity index (χ0n) is 8.90. The lowest BCUT2D eigenvalue weighted by Crippen LogP contribution is -2.37. The van der Waals surface area contributed by atoms with Crippen molar-refractivity contribution in [2.45, 2.75) is 26.4 Å². The average Bonchev–Trinajstić information content (AvgIpc) is 2.17. The number of rotatable bonds is 4. The molecular weight excluding hydrogens is 174 g/mol. The smallest absolute Gasteiger partial charge is 0.0716 e. The van der Waals surface area contributed by atoms with Gasteiger partial charge in [0.25, 0.3) is 0 Å². The molecule has 14 heavy (non-hydrogen) atoms. The van der Waals surface area contributed by atoms with Crippen molar-refractivity contribution in [2.24, 2.45) is 11.1 Å². The van der Waals surface area contributed by atoms with Gasteiger partial charge in [-0.25, -0.2) is 0 Å². The highest BCUT2D eigenvalue weighted by Gasteiger charge is 2.26.